The molecule has 1 aromatic carbocycles. The van der Waals surface area contributed by atoms with Gasteiger partial charge in [0.15, 0.2) is 17.5 Å². The highest BCUT2D eigenvalue weighted by atomic mass is 19.2. The lowest BCUT2D eigenvalue weighted by molar-refractivity contribution is 0.447. The Morgan fingerprint density at radius 3 is 2.29 bits per heavy atom. The van der Waals surface area contributed by atoms with E-state index in [1.54, 1.807) is 17.9 Å². The smallest absolute Gasteiger partial charge is 0.194 e. The summed E-state index contributed by atoms with van der Waals surface area (Å²) in [5.74, 6) is -3.83. The summed E-state index contributed by atoms with van der Waals surface area (Å²) in [5, 5.41) is 4.17. The minimum atomic E-state index is -1.45. The third-order valence-corrected chi connectivity index (χ3v) is 2.53. The van der Waals surface area contributed by atoms with Crippen LogP contribution in [0.3, 0.4) is 0 Å². The van der Waals surface area contributed by atoms with Crippen molar-refractivity contribution in [3.63, 3.8) is 0 Å². The number of aryl methyl sites for hydroxylation is 2. The topological polar surface area (TPSA) is 17.8 Å². The van der Waals surface area contributed by atoms with Crippen molar-refractivity contribution in [1.29, 1.82) is 0 Å². The van der Waals surface area contributed by atoms with Crippen LogP contribution in [0.1, 0.15) is 12.6 Å². The van der Waals surface area contributed by atoms with E-state index < -0.39 is 17.5 Å². The first-order valence-electron chi connectivity index (χ1n) is 5.20. The molecule has 0 aliphatic rings. The number of hydrogen-bond donors (Lipinski definition) is 0. The Labute approximate surface area is 96.7 Å². The first kappa shape index (κ1) is 11.7. The zero-order chi connectivity index (χ0) is 12.6. The second-order valence-corrected chi connectivity index (χ2v) is 3.77. The van der Waals surface area contributed by atoms with E-state index >= 15 is 0 Å². The van der Waals surface area contributed by atoms with Crippen LogP contribution in [0.25, 0.3) is 11.1 Å². The van der Waals surface area contributed by atoms with Crippen molar-refractivity contribution in [2.75, 3.05) is 0 Å². The van der Waals surface area contributed by atoms with Gasteiger partial charge in [-0.2, -0.15) is 5.10 Å². The van der Waals surface area contributed by atoms with E-state index in [4.69, 9.17) is 0 Å². The summed E-state index contributed by atoms with van der Waals surface area (Å²) in [6.45, 7) is 1.89. The summed E-state index contributed by atoms with van der Waals surface area (Å²) in [6.07, 6.45) is 2.29. The van der Waals surface area contributed by atoms with E-state index in [9.17, 15) is 13.2 Å². The van der Waals surface area contributed by atoms with Crippen LogP contribution in [0.15, 0.2) is 18.3 Å². The molecule has 0 aliphatic heterocycles. The fraction of sp³-hybridized carbons (Fsp3) is 0.250. The molecule has 1 aromatic heterocycles. The largest absolute Gasteiger partial charge is 0.275 e. The van der Waals surface area contributed by atoms with Crippen LogP contribution in [0.4, 0.5) is 13.2 Å². The van der Waals surface area contributed by atoms with Crippen molar-refractivity contribution in [2.45, 2.75) is 13.3 Å². The van der Waals surface area contributed by atoms with Crippen LogP contribution in [-0.4, -0.2) is 9.78 Å². The molecule has 2 rings (SSSR count). The van der Waals surface area contributed by atoms with Crippen LogP contribution in [0.5, 0.6) is 0 Å². The highest BCUT2D eigenvalue weighted by molar-refractivity contribution is 5.65. The Morgan fingerprint density at radius 2 is 1.76 bits per heavy atom. The lowest BCUT2D eigenvalue weighted by Crippen LogP contribution is -1.93. The van der Waals surface area contributed by atoms with Crippen molar-refractivity contribution >= 4 is 0 Å². The molecule has 0 saturated carbocycles. The maximum absolute atomic E-state index is 13.1. The fourth-order valence-corrected chi connectivity index (χ4v) is 1.75. The molecule has 0 atom stereocenters. The molecule has 17 heavy (non-hydrogen) atoms. The maximum atomic E-state index is 13.1. The van der Waals surface area contributed by atoms with Crippen LogP contribution in [-0.2, 0) is 13.5 Å². The molecule has 0 radical (unpaired) electrons. The predicted molar refractivity (Wildman–Crippen MR) is 57.9 cm³/mol. The zero-order valence-electron chi connectivity index (χ0n) is 9.47. The molecule has 0 aliphatic carbocycles. The molecule has 0 saturated heterocycles. The average Bonchev–Trinajstić information content (AvgIpc) is 2.66. The van der Waals surface area contributed by atoms with Gasteiger partial charge in [-0.1, -0.05) is 6.92 Å². The van der Waals surface area contributed by atoms with Crippen molar-refractivity contribution in [3.8, 4) is 11.1 Å². The molecule has 1 heterocycles. The molecule has 0 unspecified atom stereocenters. The van der Waals surface area contributed by atoms with Crippen molar-refractivity contribution in [3.05, 3.63) is 41.5 Å². The van der Waals surface area contributed by atoms with Crippen LogP contribution < -0.4 is 0 Å². The van der Waals surface area contributed by atoms with Gasteiger partial charge in [-0.3, -0.25) is 4.68 Å². The number of aromatic nitrogens is 2. The normalized spacial score (nSPS) is 10.9. The molecule has 5 heteroatoms. The summed E-state index contributed by atoms with van der Waals surface area (Å²) in [7, 11) is 1.72. The number of halogens is 3. The predicted octanol–water partition coefficient (Wildman–Crippen LogP) is 3.07. The summed E-state index contributed by atoms with van der Waals surface area (Å²) < 4.78 is 40.7. The fourth-order valence-electron chi connectivity index (χ4n) is 1.75. The van der Waals surface area contributed by atoms with Gasteiger partial charge in [0.1, 0.15) is 0 Å². The lowest BCUT2D eigenvalue weighted by atomic mass is 10.0. The molecular weight excluding hydrogens is 229 g/mol. The first-order chi connectivity index (χ1) is 8.02. The molecule has 0 fully saturated rings. The van der Waals surface area contributed by atoms with Crippen molar-refractivity contribution in [2.24, 2.45) is 7.05 Å². The van der Waals surface area contributed by atoms with Crippen molar-refractivity contribution in [1.82, 2.24) is 9.78 Å². The van der Waals surface area contributed by atoms with Gasteiger partial charge in [0.05, 0.1) is 5.69 Å². The molecular formula is C12H11F3N2. The third kappa shape index (κ3) is 2.05. The number of nitrogens with zero attached hydrogens (tertiary/aromatic N) is 2. The van der Waals surface area contributed by atoms with E-state index in [2.05, 4.69) is 5.10 Å². The molecule has 90 valence electrons. The van der Waals surface area contributed by atoms with Crippen LogP contribution in [0.2, 0.25) is 0 Å². The van der Waals surface area contributed by atoms with Gasteiger partial charge in [-0.05, 0) is 24.1 Å². The summed E-state index contributed by atoms with van der Waals surface area (Å²) in [4.78, 5) is 0. The highest BCUT2D eigenvalue weighted by Crippen LogP contribution is 2.26. The monoisotopic (exact) mass is 240 g/mol. The molecule has 0 spiro atoms. The van der Waals surface area contributed by atoms with Crippen LogP contribution >= 0.6 is 0 Å². The molecule has 0 N–H and O–H groups in total. The molecule has 2 aromatic rings. The Hall–Kier alpha value is -1.78. The van der Waals surface area contributed by atoms with Gasteiger partial charge >= 0.3 is 0 Å². The number of benzene rings is 1. The molecule has 0 bridgehead atoms. The third-order valence-electron chi connectivity index (χ3n) is 2.53. The second-order valence-electron chi connectivity index (χ2n) is 3.77. The van der Waals surface area contributed by atoms with E-state index in [1.165, 1.54) is 0 Å². The lowest BCUT2D eigenvalue weighted by Gasteiger charge is -2.02. The van der Waals surface area contributed by atoms with Gasteiger partial charge in [0.2, 0.25) is 0 Å². The Morgan fingerprint density at radius 1 is 1.18 bits per heavy atom. The van der Waals surface area contributed by atoms with Gasteiger partial charge in [-0.15, -0.1) is 0 Å². The van der Waals surface area contributed by atoms with Crippen molar-refractivity contribution < 1.29 is 13.2 Å². The van der Waals surface area contributed by atoms with Gasteiger partial charge < -0.3 is 0 Å². The highest BCUT2D eigenvalue weighted by Gasteiger charge is 2.15. The quantitative estimate of drug-likeness (QED) is 0.738. The second kappa shape index (κ2) is 4.24. The Kier molecular flexibility index (Phi) is 2.92. The Balaban J connectivity index is 2.60. The Bertz CT molecular complexity index is 538. The minimum absolute atomic E-state index is 0.298. The molecule has 0 amide bonds. The van der Waals surface area contributed by atoms with Gasteiger partial charge in [0, 0.05) is 18.8 Å². The van der Waals surface area contributed by atoms with E-state index in [-0.39, 0.29) is 0 Å². The maximum Gasteiger partial charge on any atom is 0.194 e. The summed E-state index contributed by atoms with van der Waals surface area (Å²) in [6, 6.07) is 1.96. The van der Waals surface area contributed by atoms with Gasteiger partial charge in [0.25, 0.3) is 0 Å². The van der Waals surface area contributed by atoms with E-state index in [0.29, 0.717) is 17.5 Å². The summed E-state index contributed by atoms with van der Waals surface area (Å²) in [5.41, 5.74) is 1.64. The molecule has 2 nitrogen and oxygen atoms in total. The summed E-state index contributed by atoms with van der Waals surface area (Å²) >= 11 is 0. The number of rotatable bonds is 2. The van der Waals surface area contributed by atoms with E-state index in [1.807, 2.05) is 6.92 Å². The first-order valence-corrected chi connectivity index (χ1v) is 5.20. The van der Waals surface area contributed by atoms with Crippen LogP contribution in [0, 0.1) is 17.5 Å². The SMILES string of the molecule is CCc1nn(C)cc1-c1cc(F)c(F)c(F)c1. The van der Waals surface area contributed by atoms with E-state index in [0.717, 1.165) is 17.8 Å². The minimum Gasteiger partial charge on any atom is -0.275 e. The number of hydrogen-bond acceptors (Lipinski definition) is 1. The standard InChI is InChI=1S/C12H11F3N2/c1-3-11-8(6-17(2)16-11)7-4-9(13)12(15)10(14)5-7/h4-6H,3H2,1-2H3. The average molecular weight is 240 g/mol. The van der Waals surface area contributed by atoms with Gasteiger partial charge in [-0.25, -0.2) is 13.2 Å². The zero-order valence-corrected chi connectivity index (χ0v) is 9.47.